The fraction of sp³-hybridized carbons (Fsp3) is 0.105. The van der Waals surface area contributed by atoms with E-state index in [9.17, 15) is 4.79 Å². The summed E-state index contributed by atoms with van der Waals surface area (Å²) in [6.45, 7) is 2.94. The Morgan fingerprint density at radius 2 is 1.57 bits per heavy atom. The van der Waals surface area contributed by atoms with Crippen LogP contribution in [0.5, 0.6) is 0 Å². The number of nitrogens with one attached hydrogen (secondary N) is 1. The van der Waals surface area contributed by atoms with Crippen molar-refractivity contribution in [3.8, 4) is 11.1 Å². The predicted molar refractivity (Wildman–Crippen MR) is 87.0 cm³/mol. The Bertz CT molecular complexity index is 880. The molecule has 0 spiro atoms. The first-order chi connectivity index (χ1) is 10.3. The van der Waals surface area contributed by atoms with Gasteiger partial charge in [-0.25, -0.2) is 0 Å². The molecule has 0 aliphatic heterocycles. The van der Waals surface area contributed by atoms with E-state index < -0.39 is 0 Å². The molecule has 0 bridgehead atoms. The lowest BCUT2D eigenvalue weighted by Crippen LogP contribution is -2.10. The maximum atomic E-state index is 12.7. The molecule has 0 heterocycles. The molecule has 0 amide bonds. The Balaban J connectivity index is 2.15. The summed E-state index contributed by atoms with van der Waals surface area (Å²) in [5.74, 6) is 0.123. The zero-order valence-electron chi connectivity index (χ0n) is 11.8. The average Bonchev–Trinajstić information content (AvgIpc) is 2.54. The van der Waals surface area contributed by atoms with Gasteiger partial charge in [0.1, 0.15) is 0 Å². The molecule has 3 aromatic rings. The van der Waals surface area contributed by atoms with Gasteiger partial charge in [-0.1, -0.05) is 48.5 Å². The topological polar surface area (TPSA) is 29.1 Å². The van der Waals surface area contributed by atoms with Crippen molar-refractivity contribution in [2.75, 3.05) is 11.9 Å². The van der Waals surface area contributed by atoms with Crippen LogP contribution in [0, 0.1) is 0 Å². The number of fused-ring (bicyclic) bond motifs is 2. The summed E-state index contributed by atoms with van der Waals surface area (Å²) in [6, 6.07) is 18.1. The molecule has 0 unspecified atom stereocenters. The van der Waals surface area contributed by atoms with Gasteiger partial charge in [-0.3, -0.25) is 4.79 Å². The molecule has 0 atom stereocenters. The van der Waals surface area contributed by atoms with Crippen molar-refractivity contribution in [2.45, 2.75) is 6.92 Å². The molecular weight excluding hydrogens is 258 g/mol. The van der Waals surface area contributed by atoms with Gasteiger partial charge in [0.05, 0.1) is 0 Å². The summed E-state index contributed by atoms with van der Waals surface area (Å²) in [5, 5.41) is 5.57. The number of rotatable bonds is 2. The number of ketones is 1. The third-order valence-electron chi connectivity index (χ3n) is 4.11. The van der Waals surface area contributed by atoms with E-state index in [1.807, 2.05) is 36.4 Å². The lowest BCUT2D eigenvalue weighted by molar-refractivity contribution is 0.104. The minimum absolute atomic E-state index is 0.123. The first kappa shape index (κ1) is 12.2. The van der Waals surface area contributed by atoms with E-state index in [0.29, 0.717) is 0 Å². The smallest absolute Gasteiger partial charge is 0.194 e. The number of hydrogen-bond acceptors (Lipinski definition) is 2. The second-order valence-electron chi connectivity index (χ2n) is 5.29. The lowest BCUT2D eigenvalue weighted by atomic mass is 9.82. The third-order valence-corrected chi connectivity index (χ3v) is 4.11. The van der Waals surface area contributed by atoms with Crippen LogP contribution in [-0.2, 0) is 0 Å². The quantitative estimate of drug-likeness (QED) is 0.583. The minimum Gasteiger partial charge on any atom is -0.385 e. The van der Waals surface area contributed by atoms with Crippen molar-refractivity contribution >= 4 is 22.2 Å². The largest absolute Gasteiger partial charge is 0.385 e. The zero-order chi connectivity index (χ0) is 14.4. The summed E-state index contributed by atoms with van der Waals surface area (Å²) < 4.78 is 0. The van der Waals surface area contributed by atoms with Gasteiger partial charge >= 0.3 is 0 Å². The van der Waals surface area contributed by atoms with Crippen LogP contribution in [0.2, 0.25) is 0 Å². The highest BCUT2D eigenvalue weighted by atomic mass is 16.1. The molecule has 3 aromatic carbocycles. The number of carbonyl (C=O) groups is 1. The second kappa shape index (κ2) is 4.45. The zero-order valence-corrected chi connectivity index (χ0v) is 11.8. The third kappa shape index (κ3) is 1.62. The van der Waals surface area contributed by atoms with Gasteiger partial charge in [0.15, 0.2) is 5.78 Å². The van der Waals surface area contributed by atoms with Crippen LogP contribution in [-0.4, -0.2) is 12.3 Å². The van der Waals surface area contributed by atoms with Crippen LogP contribution < -0.4 is 5.32 Å². The molecule has 2 heteroatoms. The SMILES string of the molecule is CCNc1ccc2c3c(cccc13)C(=O)c1ccccc1-2. The second-order valence-corrected chi connectivity index (χ2v) is 5.29. The fourth-order valence-electron chi connectivity index (χ4n) is 3.23. The standard InChI is InChI=1S/C19H15NO/c1-2-20-17-11-10-13-12-6-3-4-7-14(12)19(21)16-9-5-8-15(17)18(13)16/h3-11,20H,2H2,1H3. The maximum absolute atomic E-state index is 12.7. The van der Waals surface area contributed by atoms with E-state index in [4.69, 9.17) is 0 Å². The van der Waals surface area contributed by atoms with E-state index in [-0.39, 0.29) is 5.78 Å². The highest BCUT2D eigenvalue weighted by Crippen LogP contribution is 2.41. The highest BCUT2D eigenvalue weighted by Gasteiger charge is 2.25. The van der Waals surface area contributed by atoms with Gasteiger partial charge in [-0.15, -0.1) is 0 Å². The van der Waals surface area contributed by atoms with E-state index in [1.54, 1.807) is 0 Å². The Hall–Kier alpha value is -2.61. The summed E-state index contributed by atoms with van der Waals surface area (Å²) in [4.78, 5) is 12.7. The van der Waals surface area contributed by atoms with Crippen LogP contribution in [0.4, 0.5) is 5.69 Å². The van der Waals surface area contributed by atoms with Crippen molar-refractivity contribution in [1.82, 2.24) is 0 Å². The normalized spacial score (nSPS) is 12.3. The lowest BCUT2D eigenvalue weighted by Gasteiger charge is -2.21. The molecule has 1 aliphatic carbocycles. The summed E-state index contributed by atoms with van der Waals surface area (Å²) in [7, 11) is 0. The van der Waals surface area contributed by atoms with Gasteiger partial charge in [-0.2, -0.15) is 0 Å². The molecule has 0 radical (unpaired) electrons. The molecule has 4 rings (SSSR count). The van der Waals surface area contributed by atoms with Gasteiger partial charge in [-0.05, 0) is 24.1 Å². The molecule has 2 nitrogen and oxygen atoms in total. The van der Waals surface area contributed by atoms with Crippen LogP contribution in [0.25, 0.3) is 21.9 Å². The van der Waals surface area contributed by atoms with Crippen LogP contribution in [0.15, 0.2) is 54.6 Å². The van der Waals surface area contributed by atoms with Gasteiger partial charge in [0, 0.05) is 34.1 Å². The monoisotopic (exact) mass is 273 g/mol. The van der Waals surface area contributed by atoms with Crippen molar-refractivity contribution in [2.24, 2.45) is 0 Å². The average molecular weight is 273 g/mol. The van der Waals surface area contributed by atoms with E-state index >= 15 is 0 Å². The first-order valence-corrected chi connectivity index (χ1v) is 7.25. The van der Waals surface area contributed by atoms with Crippen molar-refractivity contribution in [1.29, 1.82) is 0 Å². The van der Waals surface area contributed by atoms with E-state index in [2.05, 4.69) is 30.4 Å². The Kier molecular flexibility index (Phi) is 2.58. The molecule has 1 aliphatic rings. The number of anilines is 1. The van der Waals surface area contributed by atoms with Crippen molar-refractivity contribution in [3.63, 3.8) is 0 Å². The van der Waals surface area contributed by atoms with Crippen LogP contribution in [0.3, 0.4) is 0 Å². The van der Waals surface area contributed by atoms with Crippen molar-refractivity contribution < 1.29 is 4.79 Å². The van der Waals surface area contributed by atoms with Gasteiger partial charge in [0.2, 0.25) is 0 Å². The predicted octanol–water partition coefficient (Wildman–Crippen LogP) is 4.48. The van der Waals surface area contributed by atoms with E-state index in [0.717, 1.165) is 45.3 Å². The summed E-state index contributed by atoms with van der Waals surface area (Å²) in [5.41, 5.74) is 4.88. The Labute approximate surface area is 123 Å². The summed E-state index contributed by atoms with van der Waals surface area (Å²) in [6.07, 6.45) is 0. The van der Waals surface area contributed by atoms with Crippen LogP contribution in [0.1, 0.15) is 22.8 Å². The molecular formula is C19H15NO. The molecule has 102 valence electrons. The highest BCUT2D eigenvalue weighted by molar-refractivity contribution is 6.27. The number of hydrogen-bond donors (Lipinski definition) is 1. The molecule has 0 aromatic heterocycles. The molecule has 0 fully saturated rings. The van der Waals surface area contributed by atoms with Crippen molar-refractivity contribution in [3.05, 3.63) is 65.7 Å². The first-order valence-electron chi connectivity index (χ1n) is 7.25. The van der Waals surface area contributed by atoms with Gasteiger partial charge < -0.3 is 5.32 Å². The van der Waals surface area contributed by atoms with E-state index in [1.165, 1.54) is 0 Å². The fourth-order valence-corrected chi connectivity index (χ4v) is 3.23. The van der Waals surface area contributed by atoms with Crippen LogP contribution >= 0.6 is 0 Å². The molecule has 1 N–H and O–H groups in total. The maximum Gasteiger partial charge on any atom is 0.194 e. The Morgan fingerprint density at radius 3 is 2.38 bits per heavy atom. The summed E-state index contributed by atoms with van der Waals surface area (Å²) >= 11 is 0. The number of benzene rings is 3. The Morgan fingerprint density at radius 1 is 0.810 bits per heavy atom. The van der Waals surface area contributed by atoms with Gasteiger partial charge in [0.25, 0.3) is 0 Å². The molecule has 21 heavy (non-hydrogen) atoms. The minimum atomic E-state index is 0.123. The number of carbonyl (C=O) groups excluding carboxylic acids is 1. The molecule has 0 saturated carbocycles. The molecule has 0 saturated heterocycles.